The van der Waals surface area contributed by atoms with Gasteiger partial charge in [0.05, 0.1) is 5.04 Å². The van der Waals surface area contributed by atoms with E-state index in [2.05, 4.69) is 18.0 Å². The minimum atomic E-state index is 1.12. The number of nitrogens with zero attached hydrogens (tertiary/aromatic N) is 1. The van der Waals surface area contributed by atoms with Crippen LogP contribution < -0.4 is 0 Å². The van der Waals surface area contributed by atoms with E-state index in [1.807, 2.05) is 20.9 Å². The summed E-state index contributed by atoms with van der Waals surface area (Å²) >= 11 is 1.71. The van der Waals surface area contributed by atoms with E-state index >= 15 is 0 Å². The Kier molecular flexibility index (Phi) is 4.50. The van der Waals surface area contributed by atoms with E-state index in [1.54, 1.807) is 11.8 Å². The van der Waals surface area contributed by atoms with Gasteiger partial charge in [-0.25, -0.2) is 0 Å². The van der Waals surface area contributed by atoms with E-state index in [0.29, 0.717) is 0 Å². The highest BCUT2D eigenvalue weighted by Crippen LogP contribution is 2.15. The van der Waals surface area contributed by atoms with Crippen LogP contribution in [0.5, 0.6) is 0 Å². The molecule has 0 spiro atoms. The molecule has 0 bridgehead atoms. The van der Waals surface area contributed by atoms with Gasteiger partial charge in [-0.2, -0.15) is 0 Å². The normalized spacial score (nSPS) is 14.2. The van der Waals surface area contributed by atoms with E-state index in [4.69, 9.17) is 0 Å². The van der Waals surface area contributed by atoms with Crippen LogP contribution in [-0.4, -0.2) is 12.1 Å². The van der Waals surface area contributed by atoms with Crippen LogP contribution >= 0.6 is 11.8 Å². The Morgan fingerprint density at radius 2 is 2.00 bits per heavy atom. The van der Waals surface area contributed by atoms with Gasteiger partial charge in [0.25, 0.3) is 0 Å². The van der Waals surface area contributed by atoms with E-state index < -0.39 is 0 Å². The second kappa shape index (κ2) is 4.62. The molecule has 0 aromatic carbocycles. The Balaban J connectivity index is 3.75. The molecule has 0 fully saturated rings. The number of hydrogen-bond acceptors (Lipinski definition) is 2. The lowest BCUT2D eigenvalue weighted by molar-refractivity contribution is 1.45. The SMILES string of the molecule is C/C=C(\C)SC(C)=NC. The van der Waals surface area contributed by atoms with Crippen molar-refractivity contribution >= 4 is 16.8 Å². The molecule has 0 aliphatic heterocycles. The van der Waals surface area contributed by atoms with Crippen LogP contribution in [0.4, 0.5) is 0 Å². The molecule has 2 heteroatoms. The lowest BCUT2D eigenvalue weighted by Gasteiger charge is -1.96. The van der Waals surface area contributed by atoms with Crippen molar-refractivity contribution in [3.63, 3.8) is 0 Å². The molecule has 0 radical (unpaired) electrons. The first-order chi connectivity index (χ1) is 4.20. The maximum absolute atomic E-state index is 4.02. The van der Waals surface area contributed by atoms with Gasteiger partial charge < -0.3 is 0 Å². The van der Waals surface area contributed by atoms with Crippen LogP contribution in [0.25, 0.3) is 0 Å². The molecule has 0 heterocycles. The van der Waals surface area contributed by atoms with Gasteiger partial charge in [0, 0.05) is 7.05 Å². The third-order valence-corrected chi connectivity index (χ3v) is 2.07. The maximum atomic E-state index is 4.02. The molecule has 0 saturated carbocycles. The Bertz CT molecular complexity index is 120. The van der Waals surface area contributed by atoms with Crippen molar-refractivity contribution in [1.82, 2.24) is 0 Å². The fourth-order valence-corrected chi connectivity index (χ4v) is 1.01. The molecule has 9 heavy (non-hydrogen) atoms. The number of allylic oxidation sites excluding steroid dienone is 2. The predicted molar refractivity (Wildman–Crippen MR) is 46.1 cm³/mol. The summed E-state index contributed by atoms with van der Waals surface area (Å²) in [5, 5.41) is 1.12. The van der Waals surface area contributed by atoms with Crippen LogP contribution in [0, 0.1) is 0 Å². The van der Waals surface area contributed by atoms with E-state index in [0.717, 1.165) is 5.04 Å². The van der Waals surface area contributed by atoms with Crippen molar-refractivity contribution in [2.24, 2.45) is 4.99 Å². The number of hydrogen-bond donors (Lipinski definition) is 0. The summed E-state index contributed by atoms with van der Waals surface area (Å²) in [4.78, 5) is 5.32. The minimum Gasteiger partial charge on any atom is -0.286 e. The Morgan fingerprint density at radius 1 is 1.44 bits per heavy atom. The molecule has 0 atom stereocenters. The lowest BCUT2D eigenvalue weighted by Crippen LogP contribution is -1.80. The van der Waals surface area contributed by atoms with Gasteiger partial charge in [-0.3, -0.25) is 4.99 Å². The topological polar surface area (TPSA) is 12.4 Å². The number of rotatable bonds is 1. The van der Waals surface area contributed by atoms with Crippen molar-refractivity contribution in [3.05, 3.63) is 11.0 Å². The standard InChI is InChI=1S/C7H13NS/c1-5-6(2)9-7(3)8-4/h5H,1-4H3/b6-5+,8-7?. The molecule has 0 unspecified atom stereocenters. The zero-order chi connectivity index (χ0) is 7.28. The molecular weight excluding hydrogens is 130 g/mol. The van der Waals surface area contributed by atoms with E-state index in [-0.39, 0.29) is 0 Å². The predicted octanol–water partition coefficient (Wildman–Crippen LogP) is 2.69. The van der Waals surface area contributed by atoms with Gasteiger partial charge in [-0.15, -0.1) is 0 Å². The fourth-order valence-electron chi connectivity index (χ4n) is 0.338. The van der Waals surface area contributed by atoms with E-state index in [9.17, 15) is 0 Å². The lowest BCUT2D eigenvalue weighted by atomic mass is 10.6. The smallest absolute Gasteiger partial charge is 0.0685 e. The average molecular weight is 143 g/mol. The largest absolute Gasteiger partial charge is 0.286 e. The third kappa shape index (κ3) is 4.28. The Labute approximate surface area is 61.3 Å². The van der Waals surface area contributed by atoms with Crippen LogP contribution in [0.15, 0.2) is 16.0 Å². The molecule has 0 N–H and O–H groups in total. The first-order valence-electron chi connectivity index (χ1n) is 2.95. The highest BCUT2D eigenvalue weighted by Gasteiger charge is 1.89. The fraction of sp³-hybridized carbons (Fsp3) is 0.571. The molecule has 0 aromatic rings. The molecule has 1 nitrogen and oxygen atoms in total. The zero-order valence-corrected chi connectivity index (χ0v) is 7.25. The summed E-state index contributed by atoms with van der Waals surface area (Å²) in [6.45, 7) is 6.13. The van der Waals surface area contributed by atoms with Crippen LogP contribution in [0.1, 0.15) is 20.8 Å². The van der Waals surface area contributed by atoms with Gasteiger partial charge in [0.1, 0.15) is 0 Å². The first-order valence-corrected chi connectivity index (χ1v) is 3.76. The molecule has 0 rings (SSSR count). The second-order valence-electron chi connectivity index (χ2n) is 1.74. The number of thioether (sulfide) groups is 1. The minimum absolute atomic E-state index is 1.12. The molecule has 0 aliphatic carbocycles. The van der Waals surface area contributed by atoms with Crippen LogP contribution in [-0.2, 0) is 0 Å². The quantitative estimate of drug-likeness (QED) is 0.406. The summed E-state index contributed by atoms with van der Waals surface area (Å²) in [6.07, 6.45) is 2.08. The molecule has 0 aliphatic rings. The summed E-state index contributed by atoms with van der Waals surface area (Å²) < 4.78 is 0. The molecule has 0 saturated heterocycles. The highest BCUT2D eigenvalue weighted by atomic mass is 32.2. The number of aliphatic imine (C=N–C) groups is 1. The van der Waals surface area contributed by atoms with Crippen molar-refractivity contribution in [2.75, 3.05) is 7.05 Å². The molecule has 52 valence electrons. The second-order valence-corrected chi connectivity index (χ2v) is 3.18. The van der Waals surface area contributed by atoms with Gasteiger partial charge in [-0.05, 0) is 25.7 Å². The zero-order valence-electron chi connectivity index (χ0n) is 6.43. The summed E-state index contributed by atoms with van der Waals surface area (Å²) in [7, 11) is 1.81. The van der Waals surface area contributed by atoms with Crippen molar-refractivity contribution < 1.29 is 0 Å². The van der Waals surface area contributed by atoms with Crippen molar-refractivity contribution in [1.29, 1.82) is 0 Å². The average Bonchev–Trinajstić information content (AvgIpc) is 1.87. The first kappa shape index (κ1) is 8.76. The highest BCUT2D eigenvalue weighted by molar-refractivity contribution is 8.17. The third-order valence-electron chi connectivity index (χ3n) is 1.03. The molecule has 0 aromatic heterocycles. The molecule has 0 amide bonds. The maximum Gasteiger partial charge on any atom is 0.0685 e. The Hall–Kier alpha value is -0.240. The van der Waals surface area contributed by atoms with E-state index in [1.165, 1.54) is 4.91 Å². The van der Waals surface area contributed by atoms with Gasteiger partial charge in [0.2, 0.25) is 0 Å². The molecular formula is C7H13NS. The summed E-state index contributed by atoms with van der Waals surface area (Å²) in [5.74, 6) is 0. The van der Waals surface area contributed by atoms with Gasteiger partial charge in [-0.1, -0.05) is 17.8 Å². The summed E-state index contributed by atoms with van der Waals surface area (Å²) in [6, 6.07) is 0. The van der Waals surface area contributed by atoms with Crippen molar-refractivity contribution in [2.45, 2.75) is 20.8 Å². The van der Waals surface area contributed by atoms with Gasteiger partial charge in [0.15, 0.2) is 0 Å². The van der Waals surface area contributed by atoms with Crippen molar-refractivity contribution in [3.8, 4) is 0 Å². The summed E-state index contributed by atoms with van der Waals surface area (Å²) in [5.41, 5.74) is 0. The van der Waals surface area contributed by atoms with Crippen LogP contribution in [0.2, 0.25) is 0 Å². The Morgan fingerprint density at radius 3 is 2.33 bits per heavy atom. The monoisotopic (exact) mass is 143 g/mol. The van der Waals surface area contributed by atoms with Gasteiger partial charge >= 0.3 is 0 Å². The van der Waals surface area contributed by atoms with Crippen LogP contribution in [0.3, 0.4) is 0 Å².